The molecule has 9 atom stereocenters. The van der Waals surface area contributed by atoms with Crippen LogP contribution in [-0.4, -0.2) is 39.3 Å². The number of halogens is 5. The van der Waals surface area contributed by atoms with Gasteiger partial charge in [-0.15, -0.1) is 0 Å². The number of hydrogen-bond acceptors (Lipinski definition) is 3. The minimum Gasteiger partial charge on any atom is -0.383 e. The molecular weight excluding hydrogens is 359 g/mol. The second kappa shape index (κ2) is 4.40. The average molecular weight is 382 g/mol. The second-order valence-corrected chi connectivity index (χ2v) is 9.72. The smallest absolute Gasteiger partial charge is 0.383 e. The van der Waals surface area contributed by atoms with Crippen molar-refractivity contribution in [3.05, 3.63) is 0 Å². The fourth-order valence-electron chi connectivity index (χ4n) is 8.10. The third-order valence-electron chi connectivity index (χ3n) is 8.47. The van der Waals surface area contributed by atoms with E-state index in [0.717, 1.165) is 19.3 Å². The average Bonchev–Trinajstić information content (AvgIpc) is 3.20. The van der Waals surface area contributed by atoms with Gasteiger partial charge in [-0.1, -0.05) is 0 Å². The Kier molecular flexibility index (Phi) is 2.98. The van der Waals surface area contributed by atoms with Crippen molar-refractivity contribution in [2.45, 2.75) is 68.6 Å². The van der Waals surface area contributed by atoms with E-state index in [1.807, 2.05) is 0 Å². The molecule has 3 nitrogen and oxygen atoms in total. The Morgan fingerprint density at radius 2 is 1.54 bits per heavy atom. The molecule has 4 aliphatic carbocycles. The summed E-state index contributed by atoms with van der Waals surface area (Å²) in [4.78, 5) is 0. The first kappa shape index (κ1) is 17.6. The summed E-state index contributed by atoms with van der Waals surface area (Å²) >= 11 is 0. The lowest BCUT2D eigenvalue weighted by atomic mass is 9.54. The fraction of sp³-hybridized carbons (Fsp3) is 1.00. The summed E-state index contributed by atoms with van der Waals surface area (Å²) in [5.41, 5.74) is -4.62. The quantitative estimate of drug-likeness (QED) is 0.499. The Hall–Kier alpha value is -0.470. The first-order valence-electron chi connectivity index (χ1n) is 9.37. The maximum Gasteiger partial charge on any atom is 0.449 e. The van der Waals surface area contributed by atoms with Crippen LogP contribution in [-0.2, 0) is 4.74 Å². The zero-order chi connectivity index (χ0) is 19.1. The Balaban J connectivity index is 1.68. The first-order valence-corrected chi connectivity index (χ1v) is 9.37. The highest BCUT2D eigenvalue weighted by molar-refractivity contribution is 5.29. The molecule has 4 saturated carbocycles. The molecule has 0 spiro atoms. The summed E-state index contributed by atoms with van der Waals surface area (Å²) in [7, 11) is 0. The fourth-order valence-corrected chi connectivity index (χ4v) is 8.10. The van der Waals surface area contributed by atoms with Crippen molar-refractivity contribution in [1.29, 1.82) is 0 Å². The van der Waals surface area contributed by atoms with E-state index in [9.17, 15) is 23.4 Å². The molecule has 26 heavy (non-hydrogen) atoms. The molecule has 1 saturated heterocycles. The zero-order valence-electron chi connectivity index (χ0n) is 14.6. The molecule has 5 aliphatic rings. The normalized spacial score (nSPS) is 58.7. The van der Waals surface area contributed by atoms with Crippen LogP contribution in [0.2, 0.25) is 0 Å². The third kappa shape index (κ3) is 1.56. The minimum absolute atomic E-state index is 0.169. The molecule has 8 heteroatoms. The molecule has 1 heterocycles. The highest BCUT2D eigenvalue weighted by Crippen LogP contribution is 2.77. The van der Waals surface area contributed by atoms with Crippen LogP contribution in [0.1, 0.15) is 39.5 Å². The summed E-state index contributed by atoms with van der Waals surface area (Å²) < 4.78 is 75.7. The predicted molar refractivity (Wildman–Crippen MR) is 79.0 cm³/mol. The molecular formula is C18H23F5O3. The van der Waals surface area contributed by atoms with E-state index < -0.39 is 40.9 Å². The van der Waals surface area contributed by atoms with Crippen LogP contribution in [0.4, 0.5) is 22.0 Å². The van der Waals surface area contributed by atoms with Gasteiger partial charge in [-0.3, -0.25) is 0 Å². The summed E-state index contributed by atoms with van der Waals surface area (Å²) in [5.74, 6) is -11.2. The van der Waals surface area contributed by atoms with E-state index >= 15 is 8.78 Å². The van der Waals surface area contributed by atoms with Crippen LogP contribution in [0.15, 0.2) is 0 Å². The van der Waals surface area contributed by atoms with E-state index in [4.69, 9.17) is 4.74 Å². The van der Waals surface area contributed by atoms with Gasteiger partial charge >= 0.3 is 17.9 Å². The van der Waals surface area contributed by atoms with Gasteiger partial charge in [-0.05, 0) is 75.0 Å². The molecule has 0 aromatic carbocycles. The van der Waals surface area contributed by atoms with Crippen LogP contribution in [0.3, 0.4) is 0 Å². The molecule has 5 rings (SSSR count). The van der Waals surface area contributed by atoms with Crippen molar-refractivity contribution in [3.8, 4) is 0 Å². The van der Waals surface area contributed by atoms with Crippen molar-refractivity contribution in [3.63, 3.8) is 0 Å². The number of aliphatic hydroxyl groups is 2. The van der Waals surface area contributed by atoms with E-state index in [1.54, 1.807) is 0 Å². The third-order valence-corrected chi connectivity index (χ3v) is 8.47. The largest absolute Gasteiger partial charge is 0.449 e. The molecule has 0 radical (unpaired) electrons. The molecule has 0 aromatic heterocycles. The zero-order valence-corrected chi connectivity index (χ0v) is 14.6. The second-order valence-electron chi connectivity index (χ2n) is 9.72. The monoisotopic (exact) mass is 382 g/mol. The minimum atomic E-state index is -5.72. The van der Waals surface area contributed by atoms with E-state index in [0.29, 0.717) is 12.3 Å². The van der Waals surface area contributed by atoms with Gasteiger partial charge in [0.05, 0.1) is 5.60 Å². The van der Waals surface area contributed by atoms with Crippen LogP contribution in [0, 0.1) is 41.4 Å². The van der Waals surface area contributed by atoms with Crippen molar-refractivity contribution < 1.29 is 36.9 Å². The predicted octanol–water partition coefficient (Wildman–Crippen LogP) is 3.34. The highest BCUT2D eigenvalue weighted by atomic mass is 19.4. The van der Waals surface area contributed by atoms with Crippen molar-refractivity contribution >= 4 is 0 Å². The van der Waals surface area contributed by atoms with Gasteiger partial charge in [0, 0.05) is 5.92 Å². The molecule has 0 aromatic rings. The van der Waals surface area contributed by atoms with Crippen LogP contribution in [0.5, 0.6) is 0 Å². The lowest BCUT2D eigenvalue weighted by molar-refractivity contribution is -0.512. The van der Waals surface area contributed by atoms with Crippen molar-refractivity contribution in [2.75, 3.05) is 0 Å². The van der Waals surface area contributed by atoms with Crippen molar-refractivity contribution in [2.24, 2.45) is 41.4 Å². The highest BCUT2D eigenvalue weighted by Gasteiger charge is 2.90. The number of hydrogen-bond donors (Lipinski definition) is 2. The van der Waals surface area contributed by atoms with Crippen molar-refractivity contribution in [1.82, 2.24) is 0 Å². The molecule has 148 valence electrons. The summed E-state index contributed by atoms with van der Waals surface area (Å²) in [6, 6.07) is 0. The Morgan fingerprint density at radius 1 is 0.962 bits per heavy atom. The van der Waals surface area contributed by atoms with Crippen LogP contribution in [0.25, 0.3) is 0 Å². The van der Waals surface area contributed by atoms with Gasteiger partial charge in [-0.25, -0.2) is 0 Å². The molecule has 2 N–H and O–H groups in total. The van der Waals surface area contributed by atoms with E-state index in [1.165, 1.54) is 13.8 Å². The molecule has 0 amide bonds. The van der Waals surface area contributed by atoms with E-state index in [-0.39, 0.29) is 23.7 Å². The van der Waals surface area contributed by atoms with Gasteiger partial charge < -0.3 is 14.9 Å². The SMILES string of the molecule is CC1(C)OC(O)(C(F)(F)F)C(F)(F)C2(O)C3CC(C4C5CCC(C5)C43)C12. The Labute approximate surface area is 147 Å². The molecule has 1 aliphatic heterocycles. The van der Waals surface area contributed by atoms with Gasteiger partial charge in [0.2, 0.25) is 0 Å². The number of fused-ring (bicyclic) bond motifs is 12. The van der Waals surface area contributed by atoms with Gasteiger partial charge in [0.1, 0.15) is 5.60 Å². The summed E-state index contributed by atoms with van der Waals surface area (Å²) in [5, 5.41) is 21.3. The van der Waals surface area contributed by atoms with Crippen LogP contribution >= 0.6 is 0 Å². The van der Waals surface area contributed by atoms with Gasteiger partial charge in [0.25, 0.3) is 0 Å². The number of rotatable bonds is 0. The van der Waals surface area contributed by atoms with Crippen LogP contribution < -0.4 is 0 Å². The maximum atomic E-state index is 15.2. The maximum absolute atomic E-state index is 15.2. The lowest BCUT2D eigenvalue weighted by Crippen LogP contribution is -2.81. The summed E-state index contributed by atoms with van der Waals surface area (Å²) in [6.45, 7) is 2.58. The molecule has 5 fully saturated rings. The number of alkyl halides is 5. The standard InChI is InChI=1S/C18H23F5O3/c1-14(2)13-9-6-10(12-8-4-3-7(5-8)11(9)12)15(13,24)16(19,20)17(25,26-14)18(21,22)23/h7-13,24-25H,3-6H2,1-2H3. The summed E-state index contributed by atoms with van der Waals surface area (Å²) in [6.07, 6.45) is -2.58. The topological polar surface area (TPSA) is 49.7 Å². The first-order chi connectivity index (χ1) is 11.8. The Bertz CT molecular complexity index is 664. The Morgan fingerprint density at radius 3 is 2.12 bits per heavy atom. The van der Waals surface area contributed by atoms with Gasteiger partial charge in [0.15, 0.2) is 0 Å². The molecule has 9 unspecified atom stereocenters. The van der Waals surface area contributed by atoms with Gasteiger partial charge in [-0.2, -0.15) is 22.0 Å². The van der Waals surface area contributed by atoms with E-state index in [2.05, 4.69) is 0 Å². The lowest BCUT2D eigenvalue weighted by Gasteiger charge is -2.62. The number of ether oxygens (including phenoxy) is 1. The molecule has 4 bridgehead atoms.